The topological polar surface area (TPSA) is 52.5 Å². The first-order valence-corrected chi connectivity index (χ1v) is 9.13. The van der Waals surface area contributed by atoms with Crippen LogP contribution in [0.1, 0.15) is 37.5 Å². The van der Waals surface area contributed by atoms with Gasteiger partial charge in [-0.1, -0.05) is 54.6 Å². The third kappa shape index (κ3) is 4.84. The number of aliphatic hydroxyl groups is 1. The van der Waals surface area contributed by atoms with Crippen LogP contribution >= 0.6 is 0 Å². The van der Waals surface area contributed by atoms with E-state index >= 15 is 0 Å². The summed E-state index contributed by atoms with van der Waals surface area (Å²) >= 11 is 0. The lowest BCUT2D eigenvalue weighted by Crippen LogP contribution is -2.41. The predicted molar refractivity (Wildman–Crippen MR) is 107 cm³/mol. The quantitative estimate of drug-likeness (QED) is 0.585. The van der Waals surface area contributed by atoms with Gasteiger partial charge >= 0.3 is 0 Å². The van der Waals surface area contributed by atoms with Gasteiger partial charge in [-0.2, -0.15) is 0 Å². The zero-order chi connectivity index (χ0) is 18.6. The monoisotopic (exact) mass is 349 g/mol. The van der Waals surface area contributed by atoms with Crippen molar-refractivity contribution >= 4 is 10.8 Å². The number of hydrogen-bond acceptors (Lipinski definition) is 3. The molecule has 1 atom stereocenters. The maximum Gasteiger partial charge on any atom is 0.115 e. The second-order valence-electron chi connectivity index (χ2n) is 7.55. The highest BCUT2D eigenvalue weighted by Gasteiger charge is 2.19. The first-order valence-electron chi connectivity index (χ1n) is 9.13. The summed E-state index contributed by atoms with van der Waals surface area (Å²) in [4.78, 5) is 0. The molecule has 3 N–H and O–H groups in total. The first-order chi connectivity index (χ1) is 12.4. The van der Waals surface area contributed by atoms with Crippen LogP contribution in [0, 0.1) is 0 Å². The van der Waals surface area contributed by atoms with Gasteiger partial charge in [-0.15, -0.1) is 0 Å². The van der Waals surface area contributed by atoms with E-state index in [-0.39, 0.29) is 11.3 Å². The normalized spacial score (nSPS) is 13.0. The van der Waals surface area contributed by atoms with Crippen molar-refractivity contribution in [3.05, 3.63) is 77.9 Å². The van der Waals surface area contributed by atoms with E-state index in [4.69, 9.17) is 0 Å². The van der Waals surface area contributed by atoms with E-state index in [9.17, 15) is 10.2 Å². The minimum Gasteiger partial charge on any atom is -0.508 e. The van der Waals surface area contributed by atoms with Gasteiger partial charge in [-0.25, -0.2) is 0 Å². The molecule has 0 fully saturated rings. The van der Waals surface area contributed by atoms with Gasteiger partial charge in [-0.3, -0.25) is 0 Å². The summed E-state index contributed by atoms with van der Waals surface area (Å²) in [5.74, 6) is 0.213. The van der Waals surface area contributed by atoms with E-state index in [0.29, 0.717) is 6.54 Å². The Morgan fingerprint density at radius 1 is 0.923 bits per heavy atom. The largest absolute Gasteiger partial charge is 0.508 e. The lowest BCUT2D eigenvalue weighted by molar-refractivity contribution is 0.159. The molecule has 3 rings (SSSR count). The summed E-state index contributed by atoms with van der Waals surface area (Å²) in [5, 5.41) is 25.7. The smallest absolute Gasteiger partial charge is 0.115 e. The van der Waals surface area contributed by atoms with Crippen LogP contribution in [0.3, 0.4) is 0 Å². The Morgan fingerprint density at radius 2 is 1.62 bits per heavy atom. The molecule has 0 saturated heterocycles. The van der Waals surface area contributed by atoms with Gasteiger partial charge in [0, 0.05) is 12.1 Å². The molecule has 3 aromatic carbocycles. The molecule has 0 bridgehead atoms. The summed E-state index contributed by atoms with van der Waals surface area (Å²) in [6.45, 7) is 4.81. The first kappa shape index (κ1) is 18.4. The van der Waals surface area contributed by atoms with E-state index in [1.807, 2.05) is 0 Å². The second kappa shape index (κ2) is 7.90. The van der Waals surface area contributed by atoms with Gasteiger partial charge in [-0.05, 0) is 60.7 Å². The average Bonchev–Trinajstić information content (AvgIpc) is 2.65. The fraction of sp³-hybridized carbons (Fsp3) is 0.304. The summed E-state index contributed by atoms with van der Waals surface area (Å²) in [6, 6.07) is 21.8. The Balaban J connectivity index is 1.55. The van der Waals surface area contributed by atoms with Gasteiger partial charge in [0.25, 0.3) is 0 Å². The van der Waals surface area contributed by atoms with E-state index in [0.717, 1.165) is 18.4 Å². The molecule has 26 heavy (non-hydrogen) atoms. The highest BCUT2D eigenvalue weighted by Crippen LogP contribution is 2.21. The Labute approximate surface area is 155 Å². The van der Waals surface area contributed by atoms with E-state index in [2.05, 4.69) is 61.6 Å². The van der Waals surface area contributed by atoms with Crippen LogP contribution in [-0.2, 0) is 6.42 Å². The van der Waals surface area contributed by atoms with Gasteiger partial charge in [0.2, 0.25) is 0 Å². The van der Waals surface area contributed by atoms with Crippen molar-refractivity contribution in [3.8, 4) is 5.75 Å². The van der Waals surface area contributed by atoms with Gasteiger partial charge in [0.1, 0.15) is 5.75 Å². The zero-order valence-corrected chi connectivity index (χ0v) is 15.4. The van der Waals surface area contributed by atoms with Crippen LogP contribution in [-0.4, -0.2) is 22.3 Å². The lowest BCUT2D eigenvalue weighted by Gasteiger charge is -2.28. The van der Waals surface area contributed by atoms with Crippen LogP contribution in [0.25, 0.3) is 10.8 Å². The molecular weight excluding hydrogens is 322 g/mol. The van der Waals surface area contributed by atoms with Crippen molar-refractivity contribution in [1.29, 1.82) is 0 Å². The number of benzene rings is 3. The van der Waals surface area contributed by atoms with Crippen molar-refractivity contribution in [3.63, 3.8) is 0 Å². The van der Waals surface area contributed by atoms with E-state index in [1.54, 1.807) is 24.3 Å². The maximum atomic E-state index is 10.3. The number of β-amino-alcohol motifs (C(OH)–C–C–N with tert-alkyl or cyclic N) is 1. The molecule has 0 amide bonds. The molecule has 0 aliphatic rings. The van der Waals surface area contributed by atoms with Crippen molar-refractivity contribution in [2.24, 2.45) is 0 Å². The van der Waals surface area contributed by atoms with E-state index in [1.165, 1.54) is 16.3 Å². The predicted octanol–water partition coefficient (Wildman–Crippen LogP) is 4.58. The molecule has 3 aromatic rings. The number of fused-ring (bicyclic) bond motifs is 1. The third-order valence-corrected chi connectivity index (χ3v) is 4.90. The molecule has 0 aliphatic carbocycles. The molecule has 0 aromatic heterocycles. The summed E-state index contributed by atoms with van der Waals surface area (Å²) < 4.78 is 0. The lowest BCUT2D eigenvalue weighted by atomic mass is 9.94. The molecule has 0 radical (unpaired) electrons. The number of aliphatic hydroxyl groups excluding tert-OH is 1. The standard InChI is InChI=1S/C23H27NO2/c1-23(2,24-16-22(26)19-9-11-21(25)12-10-19)14-13-17-7-8-18-5-3-4-6-20(18)15-17/h3-12,15,22,24-26H,13-14,16H2,1-2H3. The van der Waals surface area contributed by atoms with E-state index < -0.39 is 6.10 Å². The molecular formula is C23H27NO2. The summed E-state index contributed by atoms with van der Waals surface area (Å²) in [6.07, 6.45) is 1.38. The molecule has 1 unspecified atom stereocenters. The SMILES string of the molecule is CC(C)(CCc1ccc2ccccc2c1)NCC(O)c1ccc(O)cc1. The molecule has 3 heteroatoms. The Bertz CT molecular complexity index is 855. The number of hydrogen-bond donors (Lipinski definition) is 3. The van der Waals surface area contributed by atoms with Crippen LogP contribution in [0.15, 0.2) is 66.7 Å². The number of aromatic hydroxyl groups is 1. The molecule has 0 spiro atoms. The Morgan fingerprint density at radius 3 is 2.35 bits per heavy atom. The summed E-state index contributed by atoms with van der Waals surface area (Å²) in [7, 11) is 0. The molecule has 0 heterocycles. The zero-order valence-electron chi connectivity index (χ0n) is 15.4. The van der Waals surface area contributed by atoms with Crippen LogP contribution < -0.4 is 5.32 Å². The Kier molecular flexibility index (Phi) is 5.60. The number of phenolic OH excluding ortho intramolecular Hbond substituents is 1. The van der Waals surface area contributed by atoms with Crippen LogP contribution in [0.5, 0.6) is 5.75 Å². The van der Waals surface area contributed by atoms with Gasteiger partial charge in [0.15, 0.2) is 0 Å². The molecule has 0 saturated carbocycles. The highest BCUT2D eigenvalue weighted by atomic mass is 16.3. The minimum absolute atomic E-state index is 0.0798. The third-order valence-electron chi connectivity index (χ3n) is 4.90. The van der Waals surface area contributed by atoms with Crippen molar-refractivity contribution < 1.29 is 10.2 Å². The molecule has 0 aliphatic heterocycles. The fourth-order valence-corrected chi connectivity index (χ4v) is 3.13. The van der Waals surface area contributed by atoms with Gasteiger partial charge < -0.3 is 15.5 Å². The number of rotatable bonds is 7. The maximum absolute atomic E-state index is 10.3. The molecule has 3 nitrogen and oxygen atoms in total. The van der Waals surface area contributed by atoms with Crippen LogP contribution in [0.2, 0.25) is 0 Å². The van der Waals surface area contributed by atoms with Crippen molar-refractivity contribution in [2.45, 2.75) is 38.3 Å². The fourth-order valence-electron chi connectivity index (χ4n) is 3.13. The van der Waals surface area contributed by atoms with Crippen molar-refractivity contribution in [1.82, 2.24) is 5.32 Å². The van der Waals surface area contributed by atoms with Gasteiger partial charge in [0.05, 0.1) is 6.10 Å². The Hall–Kier alpha value is -2.36. The molecule has 136 valence electrons. The minimum atomic E-state index is -0.587. The number of aryl methyl sites for hydroxylation is 1. The highest BCUT2D eigenvalue weighted by molar-refractivity contribution is 5.82. The average molecular weight is 349 g/mol. The second-order valence-corrected chi connectivity index (χ2v) is 7.55. The van der Waals surface area contributed by atoms with Crippen LogP contribution in [0.4, 0.5) is 0 Å². The summed E-state index contributed by atoms with van der Waals surface area (Å²) in [5.41, 5.74) is 2.06. The number of nitrogens with one attached hydrogen (secondary N) is 1. The number of phenols is 1. The van der Waals surface area contributed by atoms with Crippen molar-refractivity contribution in [2.75, 3.05) is 6.54 Å².